The van der Waals surface area contributed by atoms with Crippen molar-refractivity contribution in [3.8, 4) is 22.4 Å². The number of imidazole rings is 1. The Morgan fingerprint density at radius 1 is 0.929 bits per heavy atom. The smallest absolute Gasteiger partial charge is 0.206 e. The van der Waals surface area contributed by atoms with E-state index in [1.54, 1.807) is 0 Å². The Balaban J connectivity index is 1.68. The normalized spacial score (nSPS) is 11.4. The number of hydrogen-bond acceptors (Lipinski definition) is 3. The summed E-state index contributed by atoms with van der Waals surface area (Å²) in [6.45, 7) is 4.33. The zero-order valence-electron chi connectivity index (χ0n) is 16.5. The van der Waals surface area contributed by atoms with Crippen LogP contribution in [-0.4, -0.2) is 27.6 Å². The first-order chi connectivity index (χ1) is 13.4. The van der Waals surface area contributed by atoms with Gasteiger partial charge in [-0.25, -0.2) is 4.98 Å². The molecule has 0 amide bonds. The molecule has 2 heterocycles. The van der Waals surface area contributed by atoms with Crippen LogP contribution in [-0.2, 0) is 7.05 Å². The highest BCUT2D eigenvalue weighted by molar-refractivity contribution is 6.30. The summed E-state index contributed by atoms with van der Waals surface area (Å²) in [5, 5.41) is 0.736. The van der Waals surface area contributed by atoms with Crippen LogP contribution in [0.3, 0.4) is 0 Å². The van der Waals surface area contributed by atoms with Crippen molar-refractivity contribution < 1.29 is 0 Å². The van der Waals surface area contributed by atoms with Crippen LogP contribution in [0.5, 0.6) is 0 Å². The first-order valence-corrected chi connectivity index (χ1v) is 9.73. The number of rotatable bonds is 4. The number of aromatic nitrogens is 3. The number of pyridine rings is 1. The van der Waals surface area contributed by atoms with Gasteiger partial charge in [0.05, 0.1) is 16.7 Å². The van der Waals surface area contributed by atoms with E-state index in [1.165, 1.54) is 0 Å². The molecule has 0 bridgehead atoms. The van der Waals surface area contributed by atoms with Gasteiger partial charge >= 0.3 is 0 Å². The molecule has 0 atom stereocenters. The van der Waals surface area contributed by atoms with Crippen molar-refractivity contribution in [2.24, 2.45) is 7.05 Å². The Bertz CT molecular complexity index is 1110. The van der Waals surface area contributed by atoms with Gasteiger partial charge in [0, 0.05) is 42.5 Å². The summed E-state index contributed by atoms with van der Waals surface area (Å²) < 4.78 is 2.14. The highest BCUT2D eigenvalue weighted by atomic mass is 35.5. The molecule has 5 heteroatoms. The molecular formula is C23H23ClN4. The number of halogens is 1. The van der Waals surface area contributed by atoms with Crippen molar-refractivity contribution in [1.29, 1.82) is 0 Å². The SMILES string of the molecule is CC(C)N(C)c1nc2cc(-c3ccc(-c4ccc(Cl)cc4)cn3)ccc2n1C. The fourth-order valence-electron chi connectivity index (χ4n) is 3.27. The van der Waals surface area contributed by atoms with Crippen LogP contribution in [0, 0.1) is 0 Å². The summed E-state index contributed by atoms with van der Waals surface area (Å²) in [6, 6.07) is 18.7. The molecule has 142 valence electrons. The minimum absolute atomic E-state index is 0.386. The molecule has 0 spiro atoms. The molecular weight excluding hydrogens is 368 g/mol. The quantitative estimate of drug-likeness (QED) is 0.441. The minimum Gasteiger partial charge on any atom is -0.343 e. The Kier molecular flexibility index (Phi) is 4.82. The summed E-state index contributed by atoms with van der Waals surface area (Å²) in [6.07, 6.45) is 1.90. The van der Waals surface area contributed by atoms with E-state index in [2.05, 4.69) is 72.7 Å². The number of nitrogens with zero attached hydrogens (tertiary/aromatic N) is 4. The Labute approximate surface area is 170 Å². The Hall–Kier alpha value is -2.85. The molecule has 0 radical (unpaired) electrons. The lowest BCUT2D eigenvalue weighted by Crippen LogP contribution is -2.28. The van der Waals surface area contributed by atoms with Crippen molar-refractivity contribution in [2.45, 2.75) is 19.9 Å². The number of fused-ring (bicyclic) bond motifs is 1. The predicted molar refractivity (Wildman–Crippen MR) is 118 cm³/mol. The van der Waals surface area contributed by atoms with Gasteiger partial charge < -0.3 is 9.47 Å². The second kappa shape index (κ2) is 7.28. The van der Waals surface area contributed by atoms with Crippen LogP contribution in [0.4, 0.5) is 5.95 Å². The minimum atomic E-state index is 0.386. The second-order valence-electron chi connectivity index (χ2n) is 7.32. The molecule has 0 aliphatic carbocycles. The van der Waals surface area contributed by atoms with E-state index in [0.29, 0.717) is 6.04 Å². The molecule has 0 N–H and O–H groups in total. The maximum absolute atomic E-state index is 5.98. The molecule has 0 fully saturated rings. The molecule has 4 aromatic rings. The third-order valence-electron chi connectivity index (χ3n) is 5.18. The Morgan fingerprint density at radius 2 is 1.61 bits per heavy atom. The molecule has 0 saturated heterocycles. The van der Waals surface area contributed by atoms with Gasteiger partial charge in [0.2, 0.25) is 5.95 Å². The van der Waals surface area contributed by atoms with E-state index in [0.717, 1.165) is 44.4 Å². The molecule has 28 heavy (non-hydrogen) atoms. The molecule has 0 aliphatic rings. The van der Waals surface area contributed by atoms with Crippen molar-refractivity contribution in [1.82, 2.24) is 14.5 Å². The van der Waals surface area contributed by atoms with Crippen LogP contribution in [0.1, 0.15) is 13.8 Å². The van der Waals surface area contributed by atoms with E-state index in [4.69, 9.17) is 16.6 Å². The lowest BCUT2D eigenvalue weighted by atomic mass is 10.1. The van der Waals surface area contributed by atoms with E-state index in [-0.39, 0.29) is 0 Å². The summed E-state index contributed by atoms with van der Waals surface area (Å²) in [5.74, 6) is 0.966. The molecule has 4 rings (SSSR count). The first-order valence-electron chi connectivity index (χ1n) is 9.35. The predicted octanol–water partition coefficient (Wildman–Crippen LogP) is 5.80. The summed E-state index contributed by atoms with van der Waals surface area (Å²) in [4.78, 5) is 11.7. The summed E-state index contributed by atoms with van der Waals surface area (Å²) >= 11 is 5.98. The largest absolute Gasteiger partial charge is 0.343 e. The zero-order valence-corrected chi connectivity index (χ0v) is 17.3. The van der Waals surface area contributed by atoms with Crippen LogP contribution < -0.4 is 4.90 Å². The van der Waals surface area contributed by atoms with E-state index >= 15 is 0 Å². The van der Waals surface area contributed by atoms with Crippen LogP contribution in [0.2, 0.25) is 5.02 Å². The van der Waals surface area contributed by atoms with Crippen molar-refractivity contribution in [2.75, 3.05) is 11.9 Å². The number of hydrogen-bond donors (Lipinski definition) is 0. The molecule has 0 saturated carbocycles. The Morgan fingerprint density at radius 3 is 2.25 bits per heavy atom. The van der Waals surface area contributed by atoms with Gasteiger partial charge in [-0.2, -0.15) is 0 Å². The summed E-state index contributed by atoms with van der Waals surface area (Å²) in [5.41, 5.74) is 6.26. The maximum atomic E-state index is 5.98. The lowest BCUT2D eigenvalue weighted by Gasteiger charge is -2.22. The molecule has 2 aromatic carbocycles. The van der Waals surface area contributed by atoms with Crippen LogP contribution in [0.15, 0.2) is 60.8 Å². The van der Waals surface area contributed by atoms with E-state index in [1.807, 2.05) is 30.5 Å². The third kappa shape index (κ3) is 3.36. The van der Waals surface area contributed by atoms with Gasteiger partial charge in [-0.3, -0.25) is 4.98 Å². The monoisotopic (exact) mass is 390 g/mol. The fraction of sp³-hybridized carbons (Fsp3) is 0.217. The average molecular weight is 391 g/mol. The highest BCUT2D eigenvalue weighted by Gasteiger charge is 2.14. The first kappa shape index (κ1) is 18.5. The van der Waals surface area contributed by atoms with E-state index < -0.39 is 0 Å². The maximum Gasteiger partial charge on any atom is 0.206 e. The number of benzene rings is 2. The van der Waals surface area contributed by atoms with Crippen molar-refractivity contribution in [3.63, 3.8) is 0 Å². The topological polar surface area (TPSA) is 34.0 Å². The van der Waals surface area contributed by atoms with Gasteiger partial charge in [0.1, 0.15) is 0 Å². The standard InChI is InChI=1S/C23H23ClN4/c1-15(2)27(3)23-26-21-13-17(8-12-22(21)28(23)4)20-11-7-18(14-25-20)16-5-9-19(24)10-6-16/h5-15H,1-4H3. The van der Waals surface area contributed by atoms with Gasteiger partial charge in [-0.15, -0.1) is 0 Å². The van der Waals surface area contributed by atoms with Crippen LogP contribution in [0.25, 0.3) is 33.4 Å². The lowest BCUT2D eigenvalue weighted by molar-refractivity contribution is 0.712. The van der Waals surface area contributed by atoms with E-state index in [9.17, 15) is 0 Å². The molecule has 0 unspecified atom stereocenters. The van der Waals surface area contributed by atoms with Gasteiger partial charge in [0.25, 0.3) is 0 Å². The zero-order chi connectivity index (χ0) is 19.8. The van der Waals surface area contributed by atoms with Crippen LogP contribution >= 0.6 is 11.6 Å². The molecule has 2 aromatic heterocycles. The summed E-state index contributed by atoms with van der Waals surface area (Å²) in [7, 11) is 4.13. The average Bonchev–Trinajstić information content (AvgIpc) is 3.04. The van der Waals surface area contributed by atoms with Gasteiger partial charge in [0.15, 0.2) is 0 Å². The van der Waals surface area contributed by atoms with Gasteiger partial charge in [-0.1, -0.05) is 35.9 Å². The fourth-order valence-corrected chi connectivity index (χ4v) is 3.40. The third-order valence-corrected chi connectivity index (χ3v) is 5.44. The number of aryl methyl sites for hydroxylation is 1. The highest BCUT2D eigenvalue weighted by Crippen LogP contribution is 2.28. The molecule has 4 nitrogen and oxygen atoms in total. The number of anilines is 1. The van der Waals surface area contributed by atoms with Gasteiger partial charge in [-0.05, 0) is 49.7 Å². The van der Waals surface area contributed by atoms with Crippen molar-refractivity contribution >= 4 is 28.6 Å². The van der Waals surface area contributed by atoms with Crippen molar-refractivity contribution in [3.05, 3.63) is 65.8 Å². The second-order valence-corrected chi connectivity index (χ2v) is 7.75. The molecule has 0 aliphatic heterocycles.